The monoisotopic (exact) mass is 888 g/mol. The summed E-state index contributed by atoms with van der Waals surface area (Å²) in [6.07, 6.45) is -0.936. The molecule has 15 N–H and O–H groups in total. The van der Waals surface area contributed by atoms with Crippen molar-refractivity contribution in [3.63, 3.8) is 0 Å². The van der Waals surface area contributed by atoms with Gasteiger partial charge in [0.2, 0.25) is 53.2 Å². The Balaban J connectivity index is 2.39. The van der Waals surface area contributed by atoms with Crippen molar-refractivity contribution in [1.29, 1.82) is 0 Å². The number of carbonyl (C=O) groups excluding carboxylic acids is 9. The molecule has 22 nitrogen and oxygen atoms in total. The average Bonchev–Trinajstić information content (AvgIpc) is 3.71. The van der Waals surface area contributed by atoms with E-state index in [4.69, 9.17) is 22.9 Å². The third-order valence-electron chi connectivity index (χ3n) is 10.6. The number of primary amides is 3. The zero-order valence-corrected chi connectivity index (χ0v) is 36.2. The van der Waals surface area contributed by atoms with E-state index in [0.29, 0.717) is 18.4 Å². The molecule has 0 spiro atoms. The standard InChI is InChI=1S/C41H64N10O12/c1-5-22(4)34(50-35(56)25(42)12-15-31(43)53)40(61)51-18-6-7-30(51)39(60)47-27(14-17-33(45)55)36(57)46-26(13-16-32(44)54)37(58)48-28(20-23-8-10-24(52)11-9-23)38(59)49-29(41(62)63)19-21(2)3/h8-11,21-22,25-30,34,52H,5-7,12-20,42H2,1-4H3,(H2,43,53)(H2,44,54)(H2,45,55)(H,46,57)(H,47,60)(H,48,58)(H,49,59)(H,50,56)(H,62,63)/t22-,25-,26-,27-,28-,29-,30-,34-/m0/s1. The number of aliphatic carboxylic acids is 1. The number of nitrogens with zero attached hydrogens (tertiary/aromatic N) is 1. The minimum Gasteiger partial charge on any atom is -0.508 e. The summed E-state index contributed by atoms with van der Waals surface area (Å²) in [6.45, 7) is 7.15. The second-order valence-electron chi connectivity index (χ2n) is 16.3. The molecule has 22 heteroatoms. The van der Waals surface area contributed by atoms with Crippen molar-refractivity contribution in [3.05, 3.63) is 29.8 Å². The second-order valence-corrected chi connectivity index (χ2v) is 16.3. The van der Waals surface area contributed by atoms with Crippen LogP contribution in [0.5, 0.6) is 5.75 Å². The molecule has 1 aliphatic rings. The van der Waals surface area contributed by atoms with Crippen LogP contribution in [0.15, 0.2) is 24.3 Å². The molecule has 0 unspecified atom stereocenters. The predicted molar refractivity (Wildman–Crippen MR) is 226 cm³/mol. The molecule has 2 rings (SSSR count). The molecule has 0 aromatic heterocycles. The van der Waals surface area contributed by atoms with Crippen LogP contribution in [-0.2, 0) is 54.4 Å². The number of hydrogen-bond donors (Lipinski definition) is 11. The van der Waals surface area contributed by atoms with Gasteiger partial charge in [0.05, 0.1) is 6.04 Å². The van der Waals surface area contributed by atoms with E-state index in [-0.39, 0.29) is 63.2 Å². The first-order valence-electron chi connectivity index (χ1n) is 21.0. The molecule has 1 heterocycles. The van der Waals surface area contributed by atoms with Crippen molar-refractivity contribution in [2.75, 3.05) is 6.54 Å². The number of nitrogens with two attached hydrogens (primary N) is 4. The molecule has 9 amide bonds. The maximum absolute atomic E-state index is 14.0. The van der Waals surface area contributed by atoms with Gasteiger partial charge in [-0.2, -0.15) is 0 Å². The van der Waals surface area contributed by atoms with Gasteiger partial charge in [-0.05, 0) is 68.1 Å². The fraction of sp³-hybridized carbons (Fsp3) is 0.610. The summed E-state index contributed by atoms with van der Waals surface area (Å²) in [7, 11) is 0. The van der Waals surface area contributed by atoms with Crippen LogP contribution < -0.4 is 49.5 Å². The molecular formula is C41H64N10O12. The average molecular weight is 889 g/mol. The van der Waals surface area contributed by atoms with E-state index >= 15 is 0 Å². The van der Waals surface area contributed by atoms with Gasteiger partial charge in [0.25, 0.3) is 0 Å². The van der Waals surface area contributed by atoms with Crippen molar-refractivity contribution < 1.29 is 58.2 Å². The van der Waals surface area contributed by atoms with Crippen LogP contribution in [0.1, 0.15) is 97.5 Å². The second kappa shape index (κ2) is 25.6. The van der Waals surface area contributed by atoms with E-state index in [1.54, 1.807) is 27.7 Å². The largest absolute Gasteiger partial charge is 0.508 e. The highest BCUT2D eigenvalue weighted by Gasteiger charge is 2.41. The number of carboxylic acid groups (broad SMARTS) is 1. The Hall–Kier alpha value is -6.32. The summed E-state index contributed by atoms with van der Waals surface area (Å²) >= 11 is 0. The maximum atomic E-state index is 14.0. The smallest absolute Gasteiger partial charge is 0.326 e. The summed E-state index contributed by atoms with van der Waals surface area (Å²) in [5.74, 6) is -9.23. The van der Waals surface area contributed by atoms with Gasteiger partial charge in [0.1, 0.15) is 42.0 Å². The molecule has 0 bridgehead atoms. The Labute approximate surface area is 365 Å². The number of phenols is 1. The summed E-state index contributed by atoms with van der Waals surface area (Å²) in [4.78, 5) is 131. The maximum Gasteiger partial charge on any atom is 0.326 e. The number of likely N-dealkylation sites (tertiary alicyclic amines) is 1. The van der Waals surface area contributed by atoms with Crippen molar-refractivity contribution in [3.8, 4) is 5.75 Å². The molecule has 1 aromatic rings. The number of benzene rings is 1. The van der Waals surface area contributed by atoms with Crippen LogP contribution in [0, 0.1) is 11.8 Å². The lowest BCUT2D eigenvalue weighted by Crippen LogP contribution is -2.60. The third-order valence-corrected chi connectivity index (χ3v) is 10.6. The van der Waals surface area contributed by atoms with Crippen LogP contribution in [-0.4, -0.2) is 123 Å². The highest BCUT2D eigenvalue weighted by atomic mass is 16.4. The lowest BCUT2D eigenvalue weighted by Gasteiger charge is -2.32. The quantitative estimate of drug-likeness (QED) is 0.0442. The topological polar surface area (TPSA) is 379 Å². The molecule has 8 atom stereocenters. The summed E-state index contributed by atoms with van der Waals surface area (Å²) < 4.78 is 0. The fourth-order valence-electron chi connectivity index (χ4n) is 6.82. The van der Waals surface area contributed by atoms with Gasteiger partial charge in [0, 0.05) is 32.2 Å². The predicted octanol–water partition coefficient (Wildman–Crippen LogP) is -2.35. The van der Waals surface area contributed by atoms with Crippen LogP contribution in [0.25, 0.3) is 0 Å². The summed E-state index contributed by atoms with van der Waals surface area (Å²) in [6, 6.07) is -3.59. The van der Waals surface area contributed by atoms with Crippen molar-refractivity contribution in [1.82, 2.24) is 31.5 Å². The Morgan fingerprint density at radius 2 is 1.19 bits per heavy atom. The van der Waals surface area contributed by atoms with E-state index < -0.39 is 120 Å². The SMILES string of the molecule is CC[C@H](C)[C@H](NC(=O)[C@@H](N)CCC(N)=O)C(=O)N1CCC[C@H]1C(=O)N[C@@H](CCC(N)=O)C(=O)N[C@@H](CCC(N)=O)C(=O)N[C@@H](Cc1ccc(O)cc1)C(=O)N[C@@H](CC(C)C)C(=O)O. The molecule has 0 radical (unpaired) electrons. The zero-order valence-electron chi connectivity index (χ0n) is 36.2. The molecule has 63 heavy (non-hydrogen) atoms. The lowest BCUT2D eigenvalue weighted by molar-refractivity contribution is -0.143. The summed E-state index contributed by atoms with van der Waals surface area (Å²) in [5, 5.41) is 32.2. The van der Waals surface area contributed by atoms with Crippen molar-refractivity contribution in [2.24, 2.45) is 34.8 Å². The number of phenolic OH excluding ortho intramolecular Hbond substituents is 1. The number of rotatable bonds is 27. The number of carbonyl (C=O) groups is 10. The van der Waals surface area contributed by atoms with Crippen LogP contribution in [0.3, 0.4) is 0 Å². The lowest BCUT2D eigenvalue weighted by atomic mass is 9.96. The van der Waals surface area contributed by atoms with E-state index in [0.717, 1.165) is 0 Å². The van der Waals surface area contributed by atoms with Gasteiger partial charge in [-0.15, -0.1) is 0 Å². The van der Waals surface area contributed by atoms with Gasteiger partial charge in [-0.25, -0.2) is 4.79 Å². The highest BCUT2D eigenvalue weighted by molar-refractivity contribution is 5.97. The molecule has 1 aromatic carbocycles. The Bertz CT molecular complexity index is 1810. The van der Waals surface area contributed by atoms with Gasteiger partial charge in [-0.3, -0.25) is 43.2 Å². The Morgan fingerprint density at radius 1 is 0.698 bits per heavy atom. The fourth-order valence-corrected chi connectivity index (χ4v) is 6.82. The van der Waals surface area contributed by atoms with Gasteiger partial charge >= 0.3 is 5.97 Å². The minimum atomic E-state index is -1.57. The van der Waals surface area contributed by atoms with Crippen LogP contribution in [0.2, 0.25) is 0 Å². The molecule has 1 saturated heterocycles. The number of nitrogens with one attached hydrogen (secondary N) is 5. The zero-order chi connectivity index (χ0) is 47.6. The van der Waals surface area contributed by atoms with E-state index in [1.807, 2.05) is 0 Å². The van der Waals surface area contributed by atoms with Crippen molar-refractivity contribution >= 4 is 59.1 Å². The normalized spacial score (nSPS) is 16.9. The van der Waals surface area contributed by atoms with Gasteiger partial charge < -0.3 is 64.6 Å². The Morgan fingerprint density at radius 3 is 1.70 bits per heavy atom. The molecular weight excluding hydrogens is 825 g/mol. The first-order valence-corrected chi connectivity index (χ1v) is 21.0. The molecule has 1 fully saturated rings. The Kier molecular flexibility index (Phi) is 21.4. The number of hydrogen-bond acceptors (Lipinski definition) is 12. The van der Waals surface area contributed by atoms with Crippen molar-refractivity contribution in [2.45, 2.75) is 141 Å². The molecule has 350 valence electrons. The molecule has 0 aliphatic carbocycles. The first-order chi connectivity index (χ1) is 29.5. The number of carboxylic acids is 1. The summed E-state index contributed by atoms with van der Waals surface area (Å²) in [5.41, 5.74) is 22.3. The highest BCUT2D eigenvalue weighted by Crippen LogP contribution is 2.22. The minimum absolute atomic E-state index is 0.0570. The molecule has 1 aliphatic heterocycles. The third kappa shape index (κ3) is 17.9. The van der Waals surface area contributed by atoms with Crippen LogP contribution >= 0.6 is 0 Å². The van der Waals surface area contributed by atoms with E-state index in [9.17, 15) is 58.2 Å². The number of amides is 9. The van der Waals surface area contributed by atoms with E-state index in [1.165, 1.54) is 29.2 Å². The van der Waals surface area contributed by atoms with Gasteiger partial charge in [0.15, 0.2) is 0 Å². The van der Waals surface area contributed by atoms with Gasteiger partial charge in [-0.1, -0.05) is 46.2 Å². The number of aromatic hydroxyl groups is 1. The van der Waals surface area contributed by atoms with Crippen LogP contribution in [0.4, 0.5) is 0 Å². The molecule has 0 saturated carbocycles. The first kappa shape index (κ1) is 52.8. The van der Waals surface area contributed by atoms with E-state index in [2.05, 4.69) is 26.6 Å².